The van der Waals surface area contributed by atoms with Gasteiger partial charge in [0.1, 0.15) is 71.8 Å². The van der Waals surface area contributed by atoms with Crippen molar-refractivity contribution in [3.8, 4) is 11.5 Å². The number of nitrogens with zero attached hydrogens (tertiary/aromatic N) is 7. The first-order valence-corrected chi connectivity index (χ1v) is 30.5. The third kappa shape index (κ3) is 13.7. The van der Waals surface area contributed by atoms with Gasteiger partial charge in [0, 0.05) is 46.8 Å². The zero-order valence-electron chi connectivity index (χ0n) is 54.1. The van der Waals surface area contributed by atoms with Crippen LogP contribution in [-0.2, 0) is 57.4 Å². The monoisotopic (exact) mass is 1250 g/mol. The Balaban J connectivity index is 1.32. The van der Waals surface area contributed by atoms with Crippen LogP contribution in [0.15, 0.2) is 21.3 Å². The van der Waals surface area contributed by atoms with E-state index >= 15 is 9.59 Å². The molecular weight excluding hydrogens is 1170 g/mol. The largest absolute Gasteiger partial charge is 0.458 e. The number of hydrogen-bond acceptors (Lipinski definition) is 18. The highest BCUT2D eigenvalue weighted by Crippen LogP contribution is 2.35. The minimum Gasteiger partial charge on any atom is -0.458 e. The van der Waals surface area contributed by atoms with Crippen LogP contribution in [0, 0.1) is 37.5 Å². The molecule has 4 saturated heterocycles. The minimum atomic E-state index is -1.88. The Morgan fingerprint density at radius 2 is 1.03 bits per heavy atom. The molecule has 5 aliphatic heterocycles. The number of fused-ring (bicyclic) bond motifs is 4. The predicted molar refractivity (Wildman–Crippen MR) is 325 cm³/mol. The van der Waals surface area contributed by atoms with Crippen LogP contribution < -0.4 is 32.4 Å². The number of cyclic esters (lactones) is 2. The second-order valence-electron chi connectivity index (χ2n) is 25.5. The summed E-state index contributed by atoms with van der Waals surface area (Å²) in [5, 5.41) is 10.7. The summed E-state index contributed by atoms with van der Waals surface area (Å²) in [6.45, 7) is 18.4. The number of nitrogens with one attached hydrogen (secondary N) is 4. The van der Waals surface area contributed by atoms with Gasteiger partial charge in [-0.15, -0.1) is 0 Å². The second-order valence-corrected chi connectivity index (χ2v) is 25.5. The number of nitrogen functional groups attached to an aromatic ring is 1. The molecule has 28 nitrogen and oxygen atoms in total. The Morgan fingerprint density at radius 3 is 1.44 bits per heavy atom. The molecule has 90 heavy (non-hydrogen) atoms. The predicted octanol–water partition coefficient (Wildman–Crippen LogP) is 0.726. The Bertz CT molecular complexity index is 3420. The number of rotatable bonds is 8. The lowest BCUT2D eigenvalue weighted by Gasteiger charge is -2.36. The number of hydrogen-bond donors (Lipinski definition) is 5. The van der Waals surface area contributed by atoms with E-state index in [4.69, 9.17) is 24.6 Å². The summed E-state index contributed by atoms with van der Waals surface area (Å²) < 4.78 is 18.3. The van der Waals surface area contributed by atoms with Gasteiger partial charge in [0.25, 0.3) is 11.8 Å². The van der Waals surface area contributed by atoms with Crippen molar-refractivity contribution in [1.82, 2.24) is 55.7 Å². The highest BCUT2D eigenvalue weighted by atomic mass is 16.6. The van der Waals surface area contributed by atoms with Crippen LogP contribution in [0.2, 0.25) is 0 Å². The van der Waals surface area contributed by atoms with Crippen molar-refractivity contribution in [3.05, 3.63) is 44.6 Å². The first kappa shape index (κ1) is 68.8. The number of nitrogens with two attached hydrogens (primary N) is 1. The molecule has 0 bridgehead atoms. The zero-order chi connectivity index (χ0) is 67.0. The van der Waals surface area contributed by atoms with Gasteiger partial charge in [0.05, 0.1) is 29.9 Å². The van der Waals surface area contributed by atoms with Crippen LogP contribution in [0.3, 0.4) is 0 Å². The summed E-state index contributed by atoms with van der Waals surface area (Å²) >= 11 is 0. The zero-order valence-corrected chi connectivity index (χ0v) is 54.1. The molecule has 0 saturated carbocycles. The third-order valence-electron chi connectivity index (χ3n) is 17.5. The van der Waals surface area contributed by atoms with E-state index in [-0.39, 0.29) is 53.9 Å². The summed E-state index contributed by atoms with van der Waals surface area (Å²) in [7, 11) is 5.59. The van der Waals surface area contributed by atoms with Crippen LogP contribution in [0.5, 0.6) is 0 Å². The first-order chi connectivity index (χ1) is 42.1. The molecule has 1 aromatic rings. The Morgan fingerprint density at radius 1 is 0.611 bits per heavy atom. The van der Waals surface area contributed by atoms with Gasteiger partial charge >= 0.3 is 11.9 Å². The van der Waals surface area contributed by atoms with Crippen molar-refractivity contribution >= 4 is 87.8 Å². The molecule has 28 heteroatoms. The molecule has 490 valence electrons. The van der Waals surface area contributed by atoms with Gasteiger partial charge in [0.2, 0.25) is 52.7 Å². The van der Waals surface area contributed by atoms with Gasteiger partial charge in [-0.3, -0.25) is 52.7 Å². The maximum Gasteiger partial charge on any atom is 0.329 e. The normalized spacial score (nSPS) is 26.2. The van der Waals surface area contributed by atoms with Gasteiger partial charge in [-0.1, -0.05) is 61.5 Å². The molecule has 1 aromatic carbocycles. The van der Waals surface area contributed by atoms with E-state index < -0.39 is 191 Å². The number of carbonyl (C=O) groups is 12. The quantitative estimate of drug-likeness (QED) is 0.118. The van der Waals surface area contributed by atoms with Crippen LogP contribution in [0.25, 0.3) is 22.6 Å². The van der Waals surface area contributed by atoms with Gasteiger partial charge < -0.3 is 70.3 Å². The summed E-state index contributed by atoms with van der Waals surface area (Å²) in [5.41, 5.74) is 3.57. The van der Waals surface area contributed by atoms with E-state index in [0.717, 1.165) is 9.80 Å². The fraction of sp³-hybridized carbons (Fsp3) is 0.613. The van der Waals surface area contributed by atoms with Gasteiger partial charge in [-0.25, -0.2) is 14.6 Å². The highest BCUT2D eigenvalue weighted by molar-refractivity contribution is 6.10. The lowest BCUT2D eigenvalue weighted by molar-refractivity contribution is -0.163. The number of ether oxygens (including phenoxy) is 2. The molecule has 10 atom stereocenters. The molecule has 7 rings (SSSR count). The molecule has 1 aliphatic carbocycles. The molecule has 0 unspecified atom stereocenters. The van der Waals surface area contributed by atoms with Crippen LogP contribution in [0.4, 0.5) is 5.69 Å². The molecule has 10 amide bonds. The van der Waals surface area contributed by atoms with Crippen molar-refractivity contribution in [3.63, 3.8) is 0 Å². The number of aromatic nitrogens is 1. The summed E-state index contributed by atoms with van der Waals surface area (Å²) in [5.74, 6) is -12.4. The summed E-state index contributed by atoms with van der Waals surface area (Å²) in [6.07, 6.45) is -1.65. The van der Waals surface area contributed by atoms with Crippen LogP contribution in [-0.4, -0.2) is 220 Å². The second kappa shape index (κ2) is 27.6. The van der Waals surface area contributed by atoms with Crippen molar-refractivity contribution < 1.29 is 71.4 Å². The number of carbonyl (C=O) groups excluding carboxylic acids is 12. The summed E-state index contributed by atoms with van der Waals surface area (Å²) in [4.78, 5) is 199. The number of aryl methyl sites for hydroxylation is 1. The van der Waals surface area contributed by atoms with Crippen molar-refractivity contribution in [2.75, 3.05) is 60.1 Å². The molecular formula is C62H86N12O16. The SMILES string of the molecule is Cc1c2oc3c(C)ccc(C(=O)N[C@H]4C(=O)N[C@@H](C(C)C)C(=O)N5CCC[C@H]5C(=O)N(C)CC(=O)N(C)[C@H](C(C)C)C(=O)O[C@@H]4C)c3nc-2c(C(=O)N[C@H]2C(=O)N[C@@H](C(C)C)C(=O)N3CCC[C@H]3C(=O)N(C)CC(=O)N(C)[C@H](C(C)C)C(=O)O[C@@H]2C)c(N)c1=O. The molecule has 4 fully saturated rings. The number of amides is 10. The van der Waals surface area contributed by atoms with E-state index in [1.165, 1.54) is 80.7 Å². The van der Waals surface area contributed by atoms with Crippen LogP contribution >= 0.6 is 0 Å². The van der Waals surface area contributed by atoms with Gasteiger partial charge in [0.15, 0.2) is 11.3 Å². The number of anilines is 1. The van der Waals surface area contributed by atoms with Crippen molar-refractivity contribution in [2.45, 2.75) is 169 Å². The number of benzene rings is 2. The Hall–Kier alpha value is -8.72. The standard InChI is InChI=1S/C62H86N12O16/c1-27(2)42-59(84)73-23-17-19-36(73)57(82)69(13)25-38(75)71(15)48(29(5)6)61(86)88-33(11)44(55(80)65-42)67-53(78)35-22-21-31(9)51-46(35)64-47-40(41(63)50(77)32(10)52(47)90-51)54(79)68-45-34(12)89-62(87)49(30(7)8)72(16)39(76)26-70(14)58(83)37-20-18-24-74(37)60(85)43(28(3)4)66-56(45)81/h21-22,27-30,33-34,36-37,42-45,48-49H,17-20,23-26,63H2,1-16H3,(H,65,80)(H,66,81)(H,67,78)(H,68,79)/t33-,34-,36+,37+,42+,43+,44-,45-,48-,49-/m1/s1. The van der Waals surface area contributed by atoms with E-state index in [9.17, 15) is 52.7 Å². The number of esters is 2. The maximum absolute atomic E-state index is 15.2. The van der Waals surface area contributed by atoms with Gasteiger partial charge in [-0.05, 0) is 88.7 Å². The molecule has 5 heterocycles. The third-order valence-corrected chi connectivity index (χ3v) is 17.5. The average Bonchev–Trinajstić information content (AvgIpc) is 0.893. The van der Waals surface area contributed by atoms with E-state index in [2.05, 4.69) is 21.3 Å². The first-order valence-electron chi connectivity index (χ1n) is 30.5. The van der Waals surface area contributed by atoms with E-state index in [1.807, 2.05) is 0 Å². The fourth-order valence-corrected chi connectivity index (χ4v) is 12.3. The maximum atomic E-state index is 15.2. The van der Waals surface area contributed by atoms with Crippen molar-refractivity contribution in [1.29, 1.82) is 0 Å². The minimum absolute atomic E-state index is 0.0763. The van der Waals surface area contributed by atoms with E-state index in [1.54, 1.807) is 62.3 Å². The number of likely N-dealkylation sites (N-methyl/N-ethyl adjacent to an activating group) is 4. The smallest absolute Gasteiger partial charge is 0.329 e. The average molecular weight is 1260 g/mol. The molecule has 6 N–H and O–H groups in total. The summed E-state index contributed by atoms with van der Waals surface area (Å²) in [6, 6.07) is -7.90. The lowest BCUT2D eigenvalue weighted by Crippen LogP contribution is -2.61. The molecule has 0 radical (unpaired) electrons. The lowest BCUT2D eigenvalue weighted by atomic mass is 9.98. The highest BCUT2D eigenvalue weighted by Gasteiger charge is 2.46. The van der Waals surface area contributed by atoms with E-state index in [0.29, 0.717) is 18.4 Å². The molecule has 0 spiro atoms. The molecule has 6 aliphatic rings. The topological polar surface area (TPSA) is 360 Å². The Kier molecular flexibility index (Phi) is 21.1. The Labute approximate surface area is 522 Å². The van der Waals surface area contributed by atoms with Crippen molar-refractivity contribution in [2.24, 2.45) is 23.7 Å². The fourth-order valence-electron chi connectivity index (χ4n) is 12.3. The van der Waals surface area contributed by atoms with Crippen LogP contribution in [0.1, 0.15) is 127 Å². The molecule has 0 aromatic heterocycles. The van der Waals surface area contributed by atoms with Gasteiger partial charge in [-0.2, -0.15) is 0 Å².